The molecule has 0 saturated carbocycles. The zero-order valence-electron chi connectivity index (χ0n) is 9.40. The maximum atomic E-state index is 11.3. The van der Waals surface area contributed by atoms with Gasteiger partial charge in [-0.3, -0.25) is 0 Å². The number of carbonyl (C=O) groups excluding carboxylic acids is 1. The highest BCUT2D eigenvalue weighted by Gasteiger charge is 2.10. The van der Waals surface area contributed by atoms with Crippen molar-refractivity contribution in [1.82, 2.24) is 4.90 Å². The summed E-state index contributed by atoms with van der Waals surface area (Å²) in [4.78, 5) is 17.2. The Morgan fingerprint density at radius 1 is 1.50 bits per heavy atom. The third kappa shape index (κ3) is 3.24. The molecule has 0 N–H and O–H groups in total. The van der Waals surface area contributed by atoms with Gasteiger partial charge >= 0.3 is 5.97 Å². The van der Waals surface area contributed by atoms with Gasteiger partial charge in [-0.25, -0.2) is 9.79 Å². The van der Waals surface area contributed by atoms with Gasteiger partial charge in [-0.1, -0.05) is 11.6 Å². The summed E-state index contributed by atoms with van der Waals surface area (Å²) in [7, 11) is 5.05. The minimum atomic E-state index is -0.451. The van der Waals surface area contributed by atoms with E-state index in [9.17, 15) is 4.79 Å². The molecule has 86 valence electrons. The summed E-state index contributed by atoms with van der Waals surface area (Å²) in [6, 6.07) is 4.92. The Balaban J connectivity index is 2.95. The third-order valence-electron chi connectivity index (χ3n) is 1.80. The molecule has 0 saturated heterocycles. The second-order valence-corrected chi connectivity index (χ2v) is 3.77. The van der Waals surface area contributed by atoms with E-state index in [1.807, 2.05) is 19.0 Å². The van der Waals surface area contributed by atoms with Gasteiger partial charge in [0.05, 0.1) is 29.7 Å². The second-order valence-electron chi connectivity index (χ2n) is 3.36. The van der Waals surface area contributed by atoms with Crippen molar-refractivity contribution in [3.05, 3.63) is 28.8 Å². The van der Waals surface area contributed by atoms with Crippen molar-refractivity contribution >= 4 is 29.6 Å². The fourth-order valence-electron chi connectivity index (χ4n) is 1.04. The molecule has 0 aliphatic carbocycles. The Kier molecular flexibility index (Phi) is 4.31. The molecule has 0 atom stereocenters. The number of hydrogen-bond donors (Lipinski definition) is 0. The summed E-state index contributed by atoms with van der Waals surface area (Å²) >= 11 is 5.93. The van der Waals surface area contributed by atoms with E-state index >= 15 is 0 Å². The van der Waals surface area contributed by atoms with Crippen LogP contribution in [0.1, 0.15) is 10.4 Å². The van der Waals surface area contributed by atoms with Gasteiger partial charge < -0.3 is 9.64 Å². The molecule has 4 nitrogen and oxygen atoms in total. The Morgan fingerprint density at radius 3 is 2.69 bits per heavy atom. The number of ether oxygens (including phenoxy) is 1. The standard InChI is InChI=1S/C11H13ClN2O2/c1-14(2)7-13-8-4-5-9(10(12)6-8)11(15)16-3/h4-7H,1-3H3/b13-7+. The Morgan fingerprint density at radius 2 is 2.19 bits per heavy atom. The van der Waals surface area contributed by atoms with E-state index in [1.54, 1.807) is 24.5 Å². The summed E-state index contributed by atoms with van der Waals surface area (Å²) in [6.45, 7) is 0. The number of hydrogen-bond acceptors (Lipinski definition) is 3. The minimum Gasteiger partial charge on any atom is -0.465 e. The van der Waals surface area contributed by atoms with Crippen molar-refractivity contribution in [2.75, 3.05) is 21.2 Å². The number of benzene rings is 1. The van der Waals surface area contributed by atoms with Crippen LogP contribution >= 0.6 is 11.6 Å². The largest absolute Gasteiger partial charge is 0.465 e. The SMILES string of the molecule is COC(=O)c1ccc(/N=C/N(C)C)cc1Cl. The molecule has 0 amide bonds. The van der Waals surface area contributed by atoms with Crippen LogP contribution in [-0.2, 0) is 4.74 Å². The molecule has 0 aromatic heterocycles. The van der Waals surface area contributed by atoms with Gasteiger partial charge in [0.15, 0.2) is 0 Å². The van der Waals surface area contributed by atoms with Gasteiger partial charge in [-0.15, -0.1) is 0 Å². The maximum absolute atomic E-state index is 11.3. The molecule has 1 rings (SSSR count). The summed E-state index contributed by atoms with van der Waals surface area (Å²) in [5, 5.41) is 0.334. The van der Waals surface area contributed by atoms with Crippen molar-refractivity contribution in [2.45, 2.75) is 0 Å². The van der Waals surface area contributed by atoms with Crippen LogP contribution < -0.4 is 0 Å². The normalized spacial score (nSPS) is 10.5. The maximum Gasteiger partial charge on any atom is 0.339 e. The molecule has 5 heteroatoms. The van der Waals surface area contributed by atoms with E-state index < -0.39 is 5.97 Å². The summed E-state index contributed by atoms with van der Waals surface area (Å²) in [5.74, 6) is -0.451. The molecule has 1 aromatic rings. The highest BCUT2D eigenvalue weighted by atomic mass is 35.5. The van der Waals surface area contributed by atoms with Gasteiger partial charge in [0.2, 0.25) is 0 Å². The molecule has 0 unspecified atom stereocenters. The van der Waals surface area contributed by atoms with E-state index in [-0.39, 0.29) is 0 Å². The van der Waals surface area contributed by atoms with Crippen molar-refractivity contribution in [2.24, 2.45) is 4.99 Å². The molecule has 0 spiro atoms. The van der Waals surface area contributed by atoms with Crippen LogP contribution in [-0.4, -0.2) is 38.4 Å². The average Bonchev–Trinajstić information content (AvgIpc) is 2.25. The lowest BCUT2D eigenvalue weighted by Gasteiger charge is -2.04. The van der Waals surface area contributed by atoms with Crippen molar-refractivity contribution < 1.29 is 9.53 Å². The number of rotatable bonds is 3. The number of esters is 1. The van der Waals surface area contributed by atoms with E-state index in [1.165, 1.54) is 7.11 Å². The molecule has 1 aromatic carbocycles. The highest BCUT2D eigenvalue weighted by molar-refractivity contribution is 6.33. The van der Waals surface area contributed by atoms with Gasteiger partial charge in [0.25, 0.3) is 0 Å². The number of halogens is 1. The monoisotopic (exact) mass is 240 g/mol. The Labute approximate surface area is 99.5 Å². The topological polar surface area (TPSA) is 41.9 Å². The lowest BCUT2D eigenvalue weighted by atomic mass is 10.2. The van der Waals surface area contributed by atoms with Crippen molar-refractivity contribution in [3.8, 4) is 0 Å². The molecule has 0 aliphatic heterocycles. The third-order valence-corrected chi connectivity index (χ3v) is 2.11. The molecular formula is C11H13ClN2O2. The van der Waals surface area contributed by atoms with Gasteiger partial charge in [0, 0.05) is 14.1 Å². The number of methoxy groups -OCH3 is 1. The van der Waals surface area contributed by atoms with Crippen LogP contribution in [0.3, 0.4) is 0 Å². The van der Waals surface area contributed by atoms with E-state index in [4.69, 9.17) is 11.6 Å². The Hall–Kier alpha value is -1.55. The van der Waals surface area contributed by atoms with Gasteiger partial charge in [0.1, 0.15) is 0 Å². The fourth-order valence-corrected chi connectivity index (χ4v) is 1.29. The van der Waals surface area contributed by atoms with E-state index in [0.717, 1.165) is 0 Å². The first-order chi connectivity index (χ1) is 7.54. The van der Waals surface area contributed by atoms with Crippen LogP contribution in [0, 0.1) is 0 Å². The van der Waals surface area contributed by atoms with Crippen LogP contribution in [0.15, 0.2) is 23.2 Å². The lowest BCUT2D eigenvalue weighted by Crippen LogP contribution is -2.07. The molecule has 16 heavy (non-hydrogen) atoms. The van der Waals surface area contributed by atoms with E-state index in [2.05, 4.69) is 9.73 Å². The van der Waals surface area contributed by atoms with Crippen LogP contribution in [0.2, 0.25) is 5.02 Å². The first-order valence-electron chi connectivity index (χ1n) is 4.63. The number of carbonyl (C=O) groups is 1. The molecule has 0 heterocycles. The van der Waals surface area contributed by atoms with Crippen molar-refractivity contribution in [3.63, 3.8) is 0 Å². The zero-order chi connectivity index (χ0) is 12.1. The number of nitrogens with zero attached hydrogens (tertiary/aromatic N) is 2. The predicted octanol–water partition coefficient (Wildman–Crippen LogP) is 2.35. The second kappa shape index (κ2) is 5.51. The quantitative estimate of drug-likeness (QED) is 0.463. The zero-order valence-corrected chi connectivity index (χ0v) is 10.2. The predicted molar refractivity (Wildman–Crippen MR) is 64.6 cm³/mol. The summed E-state index contributed by atoms with van der Waals surface area (Å²) in [5.41, 5.74) is 1.03. The summed E-state index contributed by atoms with van der Waals surface area (Å²) < 4.78 is 4.59. The average molecular weight is 241 g/mol. The minimum absolute atomic E-state index is 0.334. The van der Waals surface area contributed by atoms with Crippen molar-refractivity contribution in [1.29, 1.82) is 0 Å². The van der Waals surface area contributed by atoms with E-state index in [0.29, 0.717) is 16.3 Å². The summed E-state index contributed by atoms with van der Waals surface area (Å²) in [6.07, 6.45) is 1.66. The molecular weight excluding hydrogens is 228 g/mol. The van der Waals surface area contributed by atoms with Crippen LogP contribution in [0.25, 0.3) is 0 Å². The first-order valence-corrected chi connectivity index (χ1v) is 5.01. The fraction of sp³-hybridized carbons (Fsp3) is 0.273. The highest BCUT2D eigenvalue weighted by Crippen LogP contribution is 2.23. The smallest absolute Gasteiger partial charge is 0.339 e. The molecule has 0 bridgehead atoms. The molecule has 0 radical (unpaired) electrons. The Bertz CT molecular complexity index is 416. The molecule has 0 fully saturated rings. The molecule has 0 aliphatic rings. The van der Waals surface area contributed by atoms with Crippen LogP contribution in [0.4, 0.5) is 5.69 Å². The number of aliphatic imine (C=N–C) groups is 1. The lowest BCUT2D eigenvalue weighted by molar-refractivity contribution is 0.0601. The first kappa shape index (κ1) is 12.5. The van der Waals surface area contributed by atoms with Gasteiger partial charge in [-0.05, 0) is 18.2 Å². The van der Waals surface area contributed by atoms with Gasteiger partial charge in [-0.2, -0.15) is 0 Å². The van der Waals surface area contributed by atoms with Crippen LogP contribution in [0.5, 0.6) is 0 Å².